The second-order valence-electron chi connectivity index (χ2n) is 4.34. The van der Waals surface area contributed by atoms with Crippen LogP contribution in [0.15, 0.2) is 53.4 Å². The topological polar surface area (TPSA) is 75.3 Å². The van der Waals surface area contributed by atoms with Gasteiger partial charge in [0, 0.05) is 5.56 Å². The van der Waals surface area contributed by atoms with Crippen molar-refractivity contribution in [3.05, 3.63) is 65.5 Å². The van der Waals surface area contributed by atoms with Crippen molar-refractivity contribution in [2.24, 2.45) is 0 Å². The Labute approximate surface area is 121 Å². The molecule has 2 aromatic rings. The van der Waals surface area contributed by atoms with E-state index in [2.05, 4.69) is 5.43 Å². The minimum atomic E-state index is -3.95. The predicted octanol–water partition coefficient (Wildman–Crippen LogP) is 1.76. The van der Waals surface area contributed by atoms with Gasteiger partial charge in [-0.3, -0.25) is 10.2 Å². The lowest BCUT2D eigenvalue weighted by Gasteiger charge is -2.09. The van der Waals surface area contributed by atoms with Gasteiger partial charge in [-0.1, -0.05) is 18.2 Å². The summed E-state index contributed by atoms with van der Waals surface area (Å²) in [7, 11) is -3.95. The zero-order valence-electron chi connectivity index (χ0n) is 11.1. The Morgan fingerprint density at radius 2 is 1.76 bits per heavy atom. The lowest BCUT2D eigenvalue weighted by molar-refractivity contribution is 0.0945. The summed E-state index contributed by atoms with van der Waals surface area (Å²) in [6.45, 7) is 1.46. The average molecular weight is 308 g/mol. The Balaban J connectivity index is 2.11. The van der Waals surface area contributed by atoms with Crippen LogP contribution in [0.1, 0.15) is 15.9 Å². The fourth-order valence-corrected chi connectivity index (χ4v) is 2.54. The molecular formula is C14H13FN2O3S. The van der Waals surface area contributed by atoms with Crippen LogP contribution in [0.5, 0.6) is 0 Å². The van der Waals surface area contributed by atoms with Crippen LogP contribution in [0.2, 0.25) is 0 Å². The number of carbonyl (C=O) groups excluding carboxylic acids is 1. The fraction of sp³-hybridized carbons (Fsp3) is 0.0714. The van der Waals surface area contributed by atoms with E-state index in [-0.39, 0.29) is 10.5 Å². The van der Waals surface area contributed by atoms with E-state index in [4.69, 9.17) is 0 Å². The third-order valence-electron chi connectivity index (χ3n) is 2.77. The number of hydrogen-bond acceptors (Lipinski definition) is 3. The van der Waals surface area contributed by atoms with E-state index >= 15 is 0 Å². The molecule has 0 radical (unpaired) electrons. The maximum absolute atomic E-state index is 13.1. The van der Waals surface area contributed by atoms with Crippen molar-refractivity contribution in [1.82, 2.24) is 10.3 Å². The summed E-state index contributed by atoms with van der Waals surface area (Å²) in [4.78, 5) is 13.6. The van der Waals surface area contributed by atoms with Gasteiger partial charge in [0.2, 0.25) is 0 Å². The predicted molar refractivity (Wildman–Crippen MR) is 75.4 cm³/mol. The third-order valence-corrected chi connectivity index (χ3v) is 4.02. The molecule has 0 atom stereocenters. The molecule has 0 heterocycles. The summed E-state index contributed by atoms with van der Waals surface area (Å²) in [5.41, 5.74) is 2.62. The molecule has 1 amide bonds. The molecule has 0 unspecified atom stereocenters. The molecule has 0 aliphatic rings. The Hall–Kier alpha value is -2.25. The second-order valence-corrected chi connectivity index (χ2v) is 6.02. The van der Waals surface area contributed by atoms with Crippen molar-refractivity contribution < 1.29 is 17.6 Å². The number of amides is 1. The first-order chi connectivity index (χ1) is 9.90. The van der Waals surface area contributed by atoms with Gasteiger partial charge in [-0.25, -0.2) is 12.8 Å². The summed E-state index contributed by atoms with van der Waals surface area (Å²) in [6, 6.07) is 11.5. The third kappa shape index (κ3) is 3.65. The number of rotatable bonds is 4. The van der Waals surface area contributed by atoms with E-state index in [1.165, 1.54) is 13.0 Å². The normalized spacial score (nSPS) is 11.1. The van der Waals surface area contributed by atoms with Crippen molar-refractivity contribution in [2.75, 3.05) is 0 Å². The van der Waals surface area contributed by atoms with Gasteiger partial charge < -0.3 is 0 Å². The first-order valence-electron chi connectivity index (χ1n) is 6.03. The van der Waals surface area contributed by atoms with Crippen molar-refractivity contribution in [2.45, 2.75) is 11.8 Å². The second kappa shape index (κ2) is 6.02. The van der Waals surface area contributed by atoms with Crippen LogP contribution in [0.25, 0.3) is 0 Å². The molecule has 2 aromatic carbocycles. The van der Waals surface area contributed by atoms with Crippen LogP contribution in [0, 0.1) is 12.7 Å². The van der Waals surface area contributed by atoms with Gasteiger partial charge in [0.15, 0.2) is 0 Å². The molecule has 0 aliphatic carbocycles. The number of halogens is 1. The molecule has 0 fully saturated rings. The molecule has 0 spiro atoms. The molecule has 2 N–H and O–H groups in total. The molecule has 0 saturated carbocycles. The van der Waals surface area contributed by atoms with E-state index in [1.807, 2.05) is 4.83 Å². The Morgan fingerprint density at radius 3 is 2.38 bits per heavy atom. The minimum Gasteiger partial charge on any atom is -0.273 e. The van der Waals surface area contributed by atoms with E-state index in [1.54, 1.807) is 30.3 Å². The molecule has 0 saturated heterocycles. The number of benzene rings is 2. The van der Waals surface area contributed by atoms with Gasteiger partial charge in [0.25, 0.3) is 15.9 Å². The Kier molecular flexibility index (Phi) is 4.35. The van der Waals surface area contributed by atoms with Crippen molar-refractivity contribution in [1.29, 1.82) is 0 Å². The summed E-state index contributed by atoms with van der Waals surface area (Å²) < 4.78 is 37.1. The molecule has 7 heteroatoms. The molecule has 2 rings (SSSR count). The minimum absolute atomic E-state index is 0.130. The summed E-state index contributed by atoms with van der Waals surface area (Å²) in [5.74, 6) is -1.08. The number of hydrogen-bond donors (Lipinski definition) is 2. The standard InChI is InChI=1S/C14H13FN2O3S/c1-10-9-12(7-8-13(10)15)21(19,20)17-16-14(18)11-5-3-2-4-6-11/h2-9,17H,1H3,(H,16,18). The average Bonchev–Trinajstić information content (AvgIpc) is 2.48. The van der Waals surface area contributed by atoms with E-state index < -0.39 is 21.7 Å². The number of sulfonamides is 1. The van der Waals surface area contributed by atoms with E-state index in [0.29, 0.717) is 5.56 Å². The highest BCUT2D eigenvalue weighted by Crippen LogP contribution is 2.13. The highest BCUT2D eigenvalue weighted by atomic mass is 32.2. The van der Waals surface area contributed by atoms with Crippen LogP contribution in [0.4, 0.5) is 4.39 Å². The maximum atomic E-state index is 13.1. The van der Waals surface area contributed by atoms with E-state index in [0.717, 1.165) is 12.1 Å². The fourth-order valence-electron chi connectivity index (χ4n) is 1.62. The highest BCUT2D eigenvalue weighted by molar-refractivity contribution is 7.89. The molecule has 0 aromatic heterocycles. The lowest BCUT2D eigenvalue weighted by atomic mass is 10.2. The smallest absolute Gasteiger partial charge is 0.266 e. The number of nitrogens with one attached hydrogen (secondary N) is 2. The lowest BCUT2D eigenvalue weighted by Crippen LogP contribution is -2.41. The van der Waals surface area contributed by atoms with Crippen LogP contribution >= 0.6 is 0 Å². The largest absolute Gasteiger partial charge is 0.273 e. The van der Waals surface area contributed by atoms with Crippen molar-refractivity contribution in [3.63, 3.8) is 0 Å². The van der Waals surface area contributed by atoms with Gasteiger partial charge >= 0.3 is 0 Å². The van der Waals surface area contributed by atoms with Gasteiger partial charge in [0.1, 0.15) is 5.82 Å². The van der Waals surface area contributed by atoms with Crippen LogP contribution in [-0.4, -0.2) is 14.3 Å². The monoisotopic (exact) mass is 308 g/mol. The van der Waals surface area contributed by atoms with Gasteiger partial charge in [0.05, 0.1) is 4.90 Å². The quantitative estimate of drug-likeness (QED) is 0.845. The van der Waals surface area contributed by atoms with Gasteiger partial charge in [-0.2, -0.15) is 0 Å². The zero-order valence-corrected chi connectivity index (χ0v) is 11.9. The molecule has 21 heavy (non-hydrogen) atoms. The number of hydrazine groups is 1. The molecule has 110 valence electrons. The van der Waals surface area contributed by atoms with Gasteiger partial charge in [-0.15, -0.1) is 4.83 Å². The maximum Gasteiger partial charge on any atom is 0.266 e. The van der Waals surface area contributed by atoms with Crippen molar-refractivity contribution >= 4 is 15.9 Å². The van der Waals surface area contributed by atoms with Crippen LogP contribution in [-0.2, 0) is 10.0 Å². The highest BCUT2D eigenvalue weighted by Gasteiger charge is 2.16. The summed E-state index contributed by atoms with van der Waals surface area (Å²) >= 11 is 0. The first-order valence-corrected chi connectivity index (χ1v) is 7.52. The van der Waals surface area contributed by atoms with E-state index in [9.17, 15) is 17.6 Å². The molecule has 5 nitrogen and oxygen atoms in total. The van der Waals surface area contributed by atoms with Crippen LogP contribution in [0.3, 0.4) is 0 Å². The zero-order chi connectivity index (χ0) is 15.5. The van der Waals surface area contributed by atoms with Crippen molar-refractivity contribution in [3.8, 4) is 0 Å². The summed E-state index contributed by atoms with van der Waals surface area (Å²) in [6.07, 6.45) is 0. The molecular weight excluding hydrogens is 295 g/mol. The molecule has 0 bridgehead atoms. The van der Waals surface area contributed by atoms with Crippen LogP contribution < -0.4 is 10.3 Å². The Bertz CT molecular complexity index is 761. The first kappa shape index (κ1) is 15.1. The summed E-state index contributed by atoms with van der Waals surface area (Å²) in [5, 5.41) is 0. The number of carbonyl (C=O) groups is 1. The van der Waals surface area contributed by atoms with Gasteiger partial charge in [-0.05, 0) is 42.8 Å². The SMILES string of the molecule is Cc1cc(S(=O)(=O)NNC(=O)c2ccccc2)ccc1F. The molecule has 0 aliphatic heterocycles. The number of aryl methyl sites for hydroxylation is 1. The Morgan fingerprint density at radius 1 is 1.10 bits per heavy atom.